The van der Waals surface area contributed by atoms with E-state index in [-0.39, 0.29) is 24.0 Å². The van der Waals surface area contributed by atoms with Crippen molar-refractivity contribution in [1.82, 2.24) is 15.6 Å². The van der Waals surface area contributed by atoms with Gasteiger partial charge in [-0.2, -0.15) is 0 Å². The van der Waals surface area contributed by atoms with Crippen LogP contribution >= 0.6 is 24.0 Å². The third-order valence-electron chi connectivity index (χ3n) is 4.24. The fourth-order valence-corrected chi connectivity index (χ4v) is 3.04. The van der Waals surface area contributed by atoms with E-state index in [9.17, 15) is 0 Å². The molecular weight excluding hydrogens is 439 g/mol. The number of H-pyrrole nitrogens is 1. The van der Waals surface area contributed by atoms with E-state index in [4.69, 9.17) is 4.42 Å². The van der Waals surface area contributed by atoms with Gasteiger partial charge in [-0.1, -0.05) is 12.1 Å². The molecule has 0 fully saturated rings. The van der Waals surface area contributed by atoms with Crippen molar-refractivity contribution in [3.05, 3.63) is 59.7 Å². The summed E-state index contributed by atoms with van der Waals surface area (Å²) < 4.78 is 5.34. The van der Waals surface area contributed by atoms with Crippen LogP contribution in [0.1, 0.15) is 23.8 Å². The van der Waals surface area contributed by atoms with Crippen LogP contribution in [-0.4, -0.2) is 30.6 Å². The number of nitrogens with one attached hydrogen (secondary N) is 3. The third-order valence-corrected chi connectivity index (χ3v) is 4.24. The summed E-state index contributed by atoms with van der Waals surface area (Å²) in [5.41, 5.74) is 3.86. The van der Waals surface area contributed by atoms with E-state index in [1.54, 1.807) is 6.26 Å². The number of aryl methyl sites for hydroxylation is 1. The molecule has 0 spiro atoms. The van der Waals surface area contributed by atoms with Gasteiger partial charge >= 0.3 is 0 Å². The number of benzene rings is 1. The molecule has 0 aliphatic rings. The minimum absolute atomic E-state index is 0. The van der Waals surface area contributed by atoms with E-state index in [0.29, 0.717) is 6.54 Å². The first-order chi connectivity index (χ1) is 12.3. The molecule has 5 nitrogen and oxygen atoms in total. The molecule has 2 aromatic heterocycles. The molecule has 26 heavy (non-hydrogen) atoms. The average Bonchev–Trinajstić information content (AvgIpc) is 3.25. The molecule has 0 atom stereocenters. The number of hydrogen-bond acceptors (Lipinski definition) is 2. The van der Waals surface area contributed by atoms with Crippen LogP contribution in [0.15, 0.2) is 52.2 Å². The van der Waals surface area contributed by atoms with Crippen LogP contribution in [0.4, 0.5) is 0 Å². The second-order valence-electron chi connectivity index (χ2n) is 6.08. The Labute approximate surface area is 171 Å². The molecule has 0 aliphatic carbocycles. The Hall–Kier alpha value is -1.96. The lowest BCUT2D eigenvalue weighted by Crippen LogP contribution is -2.38. The molecule has 0 radical (unpaired) electrons. The molecule has 1 aromatic carbocycles. The maximum absolute atomic E-state index is 5.34. The van der Waals surface area contributed by atoms with Crippen LogP contribution in [0.2, 0.25) is 0 Å². The summed E-state index contributed by atoms with van der Waals surface area (Å²) in [4.78, 5) is 7.97. The van der Waals surface area contributed by atoms with E-state index in [0.717, 1.165) is 37.7 Å². The molecule has 3 N–H and O–H groups in total. The fourth-order valence-electron chi connectivity index (χ4n) is 3.04. The van der Waals surface area contributed by atoms with Crippen LogP contribution in [0.3, 0.4) is 0 Å². The molecule has 3 aromatic rings. The summed E-state index contributed by atoms with van der Waals surface area (Å²) in [6, 6.07) is 10.3. The zero-order valence-electron chi connectivity index (χ0n) is 15.3. The second kappa shape index (κ2) is 10.3. The lowest BCUT2D eigenvalue weighted by atomic mass is 10.1. The summed E-state index contributed by atoms with van der Waals surface area (Å²) in [7, 11) is 0. The normalized spacial score (nSPS) is 11.4. The lowest BCUT2D eigenvalue weighted by Gasteiger charge is -2.11. The smallest absolute Gasteiger partial charge is 0.191 e. The minimum Gasteiger partial charge on any atom is -0.469 e. The van der Waals surface area contributed by atoms with Gasteiger partial charge in [0.2, 0.25) is 0 Å². The highest BCUT2D eigenvalue weighted by atomic mass is 127. The number of rotatable bonds is 7. The first-order valence-corrected chi connectivity index (χ1v) is 8.88. The summed E-state index contributed by atoms with van der Waals surface area (Å²) in [6.45, 7) is 6.63. The number of hydrogen-bond donors (Lipinski definition) is 3. The van der Waals surface area contributed by atoms with Crippen molar-refractivity contribution in [1.29, 1.82) is 0 Å². The van der Waals surface area contributed by atoms with Crippen LogP contribution in [0.5, 0.6) is 0 Å². The van der Waals surface area contributed by atoms with Crippen molar-refractivity contribution in [2.24, 2.45) is 4.99 Å². The van der Waals surface area contributed by atoms with Gasteiger partial charge in [0.15, 0.2) is 5.96 Å². The highest BCUT2D eigenvalue weighted by Gasteiger charge is 2.06. The van der Waals surface area contributed by atoms with E-state index in [2.05, 4.69) is 58.9 Å². The Kier molecular flexibility index (Phi) is 8.03. The van der Waals surface area contributed by atoms with Gasteiger partial charge in [-0.15, -0.1) is 24.0 Å². The Morgan fingerprint density at radius 3 is 2.81 bits per heavy atom. The van der Waals surface area contributed by atoms with Gasteiger partial charge in [0.05, 0.1) is 6.26 Å². The summed E-state index contributed by atoms with van der Waals surface area (Å²) in [5.74, 6) is 1.82. The zero-order valence-corrected chi connectivity index (χ0v) is 17.7. The van der Waals surface area contributed by atoms with Crippen LogP contribution in [0.25, 0.3) is 10.9 Å². The van der Waals surface area contributed by atoms with Crippen molar-refractivity contribution in [3.63, 3.8) is 0 Å². The Morgan fingerprint density at radius 2 is 2.04 bits per heavy atom. The zero-order chi connectivity index (χ0) is 17.5. The largest absolute Gasteiger partial charge is 0.469 e. The van der Waals surface area contributed by atoms with Crippen molar-refractivity contribution in [2.75, 3.05) is 19.6 Å². The van der Waals surface area contributed by atoms with Gasteiger partial charge in [0.1, 0.15) is 5.76 Å². The van der Waals surface area contributed by atoms with Crippen LogP contribution in [0, 0.1) is 6.92 Å². The predicted octanol–water partition coefficient (Wildman–Crippen LogP) is 4.03. The molecule has 0 aliphatic heterocycles. The standard InChI is InChI=1S/C20H26N4O.HI/c1-3-21-20(23-12-10-17-7-5-13-25-17)22-11-9-16-14-24-18-8-4-6-15(2)19(16)18;/h4-8,13-14,24H,3,9-12H2,1-2H3,(H2,21,22,23);1H. The van der Waals surface area contributed by atoms with Gasteiger partial charge in [0, 0.05) is 43.2 Å². The molecule has 0 saturated heterocycles. The third kappa shape index (κ3) is 5.27. The number of aromatic amines is 1. The van der Waals surface area contributed by atoms with E-state index in [1.165, 1.54) is 22.0 Å². The van der Waals surface area contributed by atoms with Gasteiger partial charge in [-0.25, -0.2) is 0 Å². The molecule has 2 heterocycles. The Bertz CT molecular complexity index is 824. The van der Waals surface area contributed by atoms with Gasteiger partial charge in [-0.05, 0) is 49.6 Å². The first kappa shape index (κ1) is 20.4. The van der Waals surface area contributed by atoms with Gasteiger partial charge in [-0.3, -0.25) is 4.99 Å². The molecule has 3 rings (SSSR count). The van der Waals surface area contributed by atoms with Crippen molar-refractivity contribution >= 4 is 40.8 Å². The highest BCUT2D eigenvalue weighted by Crippen LogP contribution is 2.22. The predicted molar refractivity (Wildman–Crippen MR) is 119 cm³/mol. The van der Waals surface area contributed by atoms with Crippen LogP contribution in [-0.2, 0) is 12.8 Å². The SMILES string of the molecule is CCNC(=NCCc1ccco1)NCCc1c[nH]c2cccc(C)c12.I. The number of halogens is 1. The molecule has 0 bridgehead atoms. The second-order valence-corrected chi connectivity index (χ2v) is 6.08. The van der Waals surface area contributed by atoms with Gasteiger partial charge < -0.3 is 20.0 Å². The van der Waals surface area contributed by atoms with E-state index >= 15 is 0 Å². The minimum atomic E-state index is 0. The molecule has 6 heteroatoms. The Balaban J connectivity index is 0.00000243. The fraction of sp³-hybridized carbons (Fsp3) is 0.350. The van der Waals surface area contributed by atoms with Crippen LogP contribution < -0.4 is 10.6 Å². The quantitative estimate of drug-likeness (QED) is 0.280. The number of furan rings is 1. The summed E-state index contributed by atoms with van der Waals surface area (Å²) in [5, 5.41) is 8.05. The lowest BCUT2D eigenvalue weighted by molar-refractivity contribution is 0.510. The number of aromatic nitrogens is 1. The average molecular weight is 466 g/mol. The van der Waals surface area contributed by atoms with Crippen molar-refractivity contribution in [3.8, 4) is 0 Å². The molecule has 0 saturated carbocycles. The number of nitrogens with zero attached hydrogens (tertiary/aromatic N) is 1. The Morgan fingerprint density at radius 1 is 1.15 bits per heavy atom. The number of aliphatic imine (C=N–C) groups is 1. The van der Waals surface area contributed by atoms with E-state index < -0.39 is 0 Å². The maximum atomic E-state index is 5.34. The first-order valence-electron chi connectivity index (χ1n) is 8.88. The molecular formula is C20H27IN4O. The van der Waals surface area contributed by atoms with Crippen molar-refractivity contribution < 1.29 is 4.42 Å². The molecule has 0 amide bonds. The topological polar surface area (TPSA) is 65.3 Å². The summed E-state index contributed by atoms with van der Waals surface area (Å²) >= 11 is 0. The molecule has 140 valence electrons. The molecule has 0 unspecified atom stereocenters. The highest BCUT2D eigenvalue weighted by molar-refractivity contribution is 14.0. The summed E-state index contributed by atoms with van der Waals surface area (Å²) in [6.07, 6.45) is 5.57. The van der Waals surface area contributed by atoms with E-state index in [1.807, 2.05) is 12.1 Å². The van der Waals surface area contributed by atoms with Gasteiger partial charge in [0.25, 0.3) is 0 Å². The number of guanidine groups is 1. The van der Waals surface area contributed by atoms with Crippen molar-refractivity contribution in [2.45, 2.75) is 26.7 Å². The maximum Gasteiger partial charge on any atom is 0.191 e. The number of fused-ring (bicyclic) bond motifs is 1. The monoisotopic (exact) mass is 466 g/mol.